The summed E-state index contributed by atoms with van der Waals surface area (Å²) >= 11 is 5.98. The van der Waals surface area contributed by atoms with E-state index in [1.165, 1.54) is 5.56 Å². The van der Waals surface area contributed by atoms with Crippen LogP contribution in [-0.4, -0.2) is 54.3 Å². The molecular weight excluding hydrogens is 418 g/mol. The van der Waals surface area contributed by atoms with E-state index in [4.69, 9.17) is 26.2 Å². The quantitative estimate of drug-likeness (QED) is 0.628. The fourth-order valence-electron chi connectivity index (χ4n) is 4.10. The second-order valence-corrected chi connectivity index (χ2v) is 8.27. The van der Waals surface area contributed by atoms with Crippen LogP contribution >= 0.6 is 11.6 Å². The first-order chi connectivity index (χ1) is 15.0. The average molecular weight is 446 g/mol. The molecule has 2 saturated heterocycles. The van der Waals surface area contributed by atoms with Gasteiger partial charge >= 0.3 is 6.03 Å². The number of halogens is 1. The number of hydrogen-bond acceptors (Lipinski definition) is 4. The van der Waals surface area contributed by atoms with Gasteiger partial charge in [0.25, 0.3) is 6.47 Å². The van der Waals surface area contributed by atoms with Gasteiger partial charge in [0.1, 0.15) is 0 Å². The first kappa shape index (κ1) is 23.1. The molecule has 2 fully saturated rings. The fraction of sp³-hybridized carbons (Fsp3) is 0.391. The van der Waals surface area contributed by atoms with Crippen molar-refractivity contribution < 1.29 is 19.4 Å². The molecule has 2 aromatic rings. The maximum absolute atomic E-state index is 12.3. The summed E-state index contributed by atoms with van der Waals surface area (Å²) in [6.07, 6.45) is 0.980. The Kier molecular flexibility index (Phi) is 8.28. The van der Waals surface area contributed by atoms with E-state index in [1.54, 1.807) is 0 Å². The predicted molar refractivity (Wildman–Crippen MR) is 119 cm³/mol. The summed E-state index contributed by atoms with van der Waals surface area (Å²) in [4.78, 5) is 23.1. The number of morpholine rings is 1. The van der Waals surface area contributed by atoms with Crippen LogP contribution < -0.4 is 10.6 Å². The highest BCUT2D eigenvalue weighted by Crippen LogP contribution is 2.30. The molecule has 7 nitrogen and oxygen atoms in total. The Balaban J connectivity index is 0.000000858. The summed E-state index contributed by atoms with van der Waals surface area (Å²) in [7, 11) is 0. The van der Waals surface area contributed by atoms with Gasteiger partial charge in [-0.25, -0.2) is 4.79 Å². The van der Waals surface area contributed by atoms with Crippen LogP contribution in [0.4, 0.5) is 4.79 Å². The molecule has 3 N–H and O–H groups in total. The third kappa shape index (κ3) is 6.69. The molecular formula is C23H28ClN3O4. The van der Waals surface area contributed by atoms with Gasteiger partial charge in [0.05, 0.1) is 12.7 Å². The zero-order valence-electron chi connectivity index (χ0n) is 17.5. The molecule has 31 heavy (non-hydrogen) atoms. The van der Waals surface area contributed by atoms with Gasteiger partial charge in [0.2, 0.25) is 0 Å². The molecule has 2 aliphatic heterocycles. The minimum absolute atomic E-state index is 0.0578. The van der Waals surface area contributed by atoms with Gasteiger partial charge in [0.15, 0.2) is 0 Å². The van der Waals surface area contributed by atoms with Crippen molar-refractivity contribution >= 4 is 24.1 Å². The number of hydrogen-bond donors (Lipinski definition) is 3. The lowest BCUT2D eigenvalue weighted by Crippen LogP contribution is -2.44. The lowest BCUT2D eigenvalue weighted by molar-refractivity contribution is -0.122. The number of amides is 2. The number of carboxylic acid groups (broad SMARTS) is 1. The van der Waals surface area contributed by atoms with Crippen LogP contribution in [-0.2, 0) is 16.1 Å². The smallest absolute Gasteiger partial charge is 0.315 e. The molecule has 0 aromatic heterocycles. The van der Waals surface area contributed by atoms with Crippen molar-refractivity contribution in [3.63, 3.8) is 0 Å². The highest BCUT2D eigenvalue weighted by Gasteiger charge is 2.38. The SMILES string of the molecule is Cc1cccc(CNC(=O)N[C@@H]2C[C@H]3CO[C@@H](c4ccc(Cl)cc4)CN3C2)c1.O=CO. The number of aryl methyl sites for hydroxylation is 1. The molecule has 8 heteroatoms. The highest BCUT2D eigenvalue weighted by molar-refractivity contribution is 6.30. The Bertz CT molecular complexity index is 877. The number of urea groups is 1. The minimum Gasteiger partial charge on any atom is -0.483 e. The maximum atomic E-state index is 12.3. The van der Waals surface area contributed by atoms with Gasteiger partial charge in [-0.1, -0.05) is 53.6 Å². The van der Waals surface area contributed by atoms with Crippen LogP contribution in [0.25, 0.3) is 0 Å². The predicted octanol–water partition coefficient (Wildman–Crippen LogP) is 3.36. The molecule has 0 saturated carbocycles. The highest BCUT2D eigenvalue weighted by atomic mass is 35.5. The van der Waals surface area contributed by atoms with Crippen LogP contribution in [0.2, 0.25) is 5.02 Å². The van der Waals surface area contributed by atoms with Crippen molar-refractivity contribution in [1.82, 2.24) is 15.5 Å². The van der Waals surface area contributed by atoms with Crippen LogP contribution in [0.15, 0.2) is 48.5 Å². The Hall–Kier alpha value is -2.61. The fourth-order valence-corrected chi connectivity index (χ4v) is 4.22. The van der Waals surface area contributed by atoms with E-state index < -0.39 is 0 Å². The van der Waals surface area contributed by atoms with E-state index >= 15 is 0 Å². The number of carbonyl (C=O) groups is 2. The maximum Gasteiger partial charge on any atom is 0.315 e. The molecule has 3 atom stereocenters. The lowest BCUT2D eigenvalue weighted by Gasteiger charge is -2.35. The van der Waals surface area contributed by atoms with Gasteiger partial charge in [-0.2, -0.15) is 0 Å². The molecule has 166 valence electrons. The Labute approximate surface area is 187 Å². The van der Waals surface area contributed by atoms with E-state index in [1.807, 2.05) is 36.4 Å². The Morgan fingerprint density at radius 2 is 2.00 bits per heavy atom. The first-order valence-corrected chi connectivity index (χ1v) is 10.6. The zero-order chi connectivity index (χ0) is 22.2. The second kappa shape index (κ2) is 11.1. The summed E-state index contributed by atoms with van der Waals surface area (Å²) in [5.74, 6) is 0. The van der Waals surface area contributed by atoms with E-state index in [2.05, 4.69) is 34.6 Å². The molecule has 2 heterocycles. The number of fused-ring (bicyclic) bond motifs is 1. The molecule has 0 unspecified atom stereocenters. The number of ether oxygens (including phenoxy) is 1. The molecule has 2 amide bonds. The van der Waals surface area contributed by atoms with Crippen molar-refractivity contribution in [1.29, 1.82) is 0 Å². The van der Waals surface area contributed by atoms with Crippen LogP contribution in [0.3, 0.4) is 0 Å². The third-order valence-electron chi connectivity index (χ3n) is 5.53. The standard InChI is InChI=1S/C22H26ClN3O2.CH2O2/c1-15-3-2-4-16(9-15)11-24-22(27)25-19-10-20-14-28-21(13-26(20)12-19)17-5-7-18(23)8-6-17;2-1-3/h2-9,19-21H,10-14H2,1H3,(H2,24,25,27);1H,(H,2,3)/t19-,20+,21-;/m1./s1. The molecule has 0 radical (unpaired) electrons. The van der Waals surface area contributed by atoms with E-state index in [0.29, 0.717) is 19.2 Å². The molecule has 0 spiro atoms. The zero-order valence-corrected chi connectivity index (χ0v) is 18.2. The first-order valence-electron chi connectivity index (χ1n) is 10.3. The molecule has 0 aliphatic carbocycles. The van der Waals surface area contributed by atoms with Crippen molar-refractivity contribution in [3.05, 3.63) is 70.2 Å². The second-order valence-electron chi connectivity index (χ2n) is 7.84. The van der Waals surface area contributed by atoms with Gasteiger partial charge in [-0.15, -0.1) is 0 Å². The average Bonchev–Trinajstić information content (AvgIpc) is 3.15. The van der Waals surface area contributed by atoms with Crippen molar-refractivity contribution in [2.45, 2.75) is 38.1 Å². The molecule has 4 rings (SSSR count). The summed E-state index contributed by atoms with van der Waals surface area (Å²) < 4.78 is 6.07. The van der Waals surface area contributed by atoms with Crippen molar-refractivity contribution in [2.75, 3.05) is 19.7 Å². The molecule has 2 aromatic carbocycles. The number of rotatable bonds is 4. The van der Waals surface area contributed by atoms with Crippen LogP contribution in [0, 0.1) is 6.92 Å². The van der Waals surface area contributed by atoms with Gasteiger partial charge in [-0.3, -0.25) is 9.69 Å². The number of nitrogens with zero attached hydrogens (tertiary/aromatic N) is 1. The third-order valence-corrected chi connectivity index (χ3v) is 5.78. The normalized spacial score (nSPS) is 22.6. The van der Waals surface area contributed by atoms with E-state index in [0.717, 1.165) is 35.7 Å². The topological polar surface area (TPSA) is 90.9 Å². The summed E-state index contributed by atoms with van der Waals surface area (Å²) in [6, 6.07) is 16.4. The Morgan fingerprint density at radius 1 is 1.26 bits per heavy atom. The summed E-state index contributed by atoms with van der Waals surface area (Å²) in [5, 5.41) is 13.7. The van der Waals surface area contributed by atoms with Crippen molar-refractivity contribution in [3.8, 4) is 0 Å². The summed E-state index contributed by atoms with van der Waals surface area (Å²) in [5.41, 5.74) is 3.45. The van der Waals surface area contributed by atoms with E-state index in [9.17, 15) is 4.79 Å². The van der Waals surface area contributed by atoms with Crippen molar-refractivity contribution in [2.24, 2.45) is 0 Å². The van der Waals surface area contributed by atoms with Gasteiger partial charge in [-0.05, 0) is 36.6 Å². The lowest BCUT2D eigenvalue weighted by atomic mass is 10.1. The largest absolute Gasteiger partial charge is 0.483 e. The van der Waals surface area contributed by atoms with Gasteiger partial charge in [0, 0.05) is 36.7 Å². The minimum atomic E-state index is -0.250. The van der Waals surface area contributed by atoms with Crippen LogP contribution in [0.5, 0.6) is 0 Å². The molecule has 2 aliphatic rings. The van der Waals surface area contributed by atoms with Gasteiger partial charge < -0.3 is 20.5 Å². The number of benzene rings is 2. The molecule has 0 bridgehead atoms. The summed E-state index contributed by atoms with van der Waals surface area (Å²) in [6.45, 7) is 4.73. The van der Waals surface area contributed by atoms with Crippen LogP contribution in [0.1, 0.15) is 29.2 Å². The number of nitrogens with one attached hydrogen (secondary N) is 2. The monoisotopic (exact) mass is 445 g/mol. The number of carbonyl (C=O) groups excluding carboxylic acids is 1. The van der Waals surface area contributed by atoms with E-state index in [-0.39, 0.29) is 24.6 Å². The Morgan fingerprint density at radius 3 is 2.71 bits per heavy atom.